The average Bonchev–Trinajstić information content (AvgIpc) is 3.36. The number of ether oxygens (including phenoxy) is 1. The third kappa shape index (κ3) is 4.66. The second kappa shape index (κ2) is 9.61. The predicted octanol–water partition coefficient (Wildman–Crippen LogP) is 6.52. The van der Waals surface area contributed by atoms with Gasteiger partial charge >= 0.3 is 6.03 Å². The Morgan fingerprint density at radius 1 is 0.974 bits per heavy atom. The standard InChI is InChI=1S/C31H35N5O2S/c1-30(2,3)23-13-11-22(12-14-23)21-36(26-9-6-7-24-28(26)34-39-33-24)20-17-31(15-18-35(19-16-31)29(32)37)38-27-10-5-4-8-25(27)36/h4-14H,15-21H2,1-3H3,(H-,32,37)/p+1. The largest absolute Gasteiger partial charge is 0.481 e. The molecule has 0 aliphatic carbocycles. The van der Waals surface area contributed by atoms with Crippen molar-refractivity contribution < 1.29 is 9.53 Å². The van der Waals surface area contributed by atoms with Crippen LogP contribution in [0.15, 0.2) is 66.7 Å². The van der Waals surface area contributed by atoms with E-state index < -0.39 is 0 Å². The number of amides is 2. The second-order valence-corrected chi connectivity index (χ2v) is 12.6. The van der Waals surface area contributed by atoms with Gasteiger partial charge in [-0.05, 0) is 23.1 Å². The SMILES string of the molecule is CC(C)(C)c1ccc(C[N+]2(c3cccc4nsnc34)CCC3(CCN(C(N)=O)CC3)Oc3ccccc32)cc1. The van der Waals surface area contributed by atoms with E-state index in [-0.39, 0.29) is 17.0 Å². The number of carbonyl (C=O) groups excluding carboxylic acids is 1. The van der Waals surface area contributed by atoms with Crippen molar-refractivity contribution in [1.82, 2.24) is 18.1 Å². The first-order chi connectivity index (χ1) is 18.7. The van der Waals surface area contributed by atoms with Gasteiger partial charge in [-0.15, -0.1) is 0 Å². The highest BCUT2D eigenvalue weighted by atomic mass is 32.1. The number of carbonyl (C=O) groups is 1. The lowest BCUT2D eigenvalue weighted by atomic mass is 9.86. The van der Waals surface area contributed by atoms with Crippen LogP contribution in [0.25, 0.3) is 11.0 Å². The Labute approximate surface area is 234 Å². The van der Waals surface area contributed by atoms with E-state index in [0.29, 0.717) is 17.6 Å². The van der Waals surface area contributed by atoms with E-state index in [9.17, 15) is 4.79 Å². The van der Waals surface area contributed by atoms with Crippen molar-refractivity contribution >= 4 is 40.2 Å². The molecule has 1 spiro atoms. The predicted molar refractivity (Wildman–Crippen MR) is 157 cm³/mol. The Hall–Kier alpha value is -3.49. The summed E-state index contributed by atoms with van der Waals surface area (Å²) in [7, 11) is 0. The number of piperidine rings is 1. The minimum atomic E-state index is -0.356. The summed E-state index contributed by atoms with van der Waals surface area (Å²) in [5.74, 6) is 0.897. The summed E-state index contributed by atoms with van der Waals surface area (Å²) >= 11 is 1.26. The summed E-state index contributed by atoms with van der Waals surface area (Å²) in [6.45, 7) is 9.57. The van der Waals surface area contributed by atoms with Crippen LogP contribution in [0, 0.1) is 0 Å². The van der Waals surface area contributed by atoms with Crippen LogP contribution >= 0.6 is 11.7 Å². The molecule has 202 valence electrons. The molecule has 4 aromatic rings. The fourth-order valence-electron chi connectivity index (χ4n) is 6.24. The maximum atomic E-state index is 11.9. The van der Waals surface area contributed by atoms with Crippen molar-refractivity contribution in [2.24, 2.45) is 5.73 Å². The molecule has 3 heterocycles. The number of fused-ring (bicyclic) bond motifs is 2. The number of benzene rings is 3. The summed E-state index contributed by atoms with van der Waals surface area (Å²) in [5, 5.41) is 0. The van der Waals surface area contributed by atoms with Crippen molar-refractivity contribution in [3.8, 4) is 5.75 Å². The Morgan fingerprint density at radius 2 is 1.69 bits per heavy atom. The molecule has 3 aromatic carbocycles. The van der Waals surface area contributed by atoms with Crippen molar-refractivity contribution in [2.45, 2.75) is 57.6 Å². The van der Waals surface area contributed by atoms with Gasteiger partial charge < -0.3 is 15.4 Å². The number of para-hydroxylation sites is 2. The van der Waals surface area contributed by atoms with Gasteiger partial charge in [0.25, 0.3) is 0 Å². The molecule has 1 fully saturated rings. The number of urea groups is 1. The molecule has 1 aromatic heterocycles. The summed E-state index contributed by atoms with van der Waals surface area (Å²) in [5.41, 5.74) is 12.1. The number of hydrogen-bond donors (Lipinski definition) is 1. The van der Waals surface area contributed by atoms with Gasteiger partial charge in [0.15, 0.2) is 22.6 Å². The van der Waals surface area contributed by atoms with E-state index in [1.807, 2.05) is 12.1 Å². The summed E-state index contributed by atoms with van der Waals surface area (Å²) in [6, 6.07) is 23.5. The highest BCUT2D eigenvalue weighted by molar-refractivity contribution is 7.00. The lowest BCUT2D eigenvalue weighted by Gasteiger charge is -2.40. The smallest absolute Gasteiger partial charge is 0.314 e. The van der Waals surface area contributed by atoms with E-state index in [0.717, 1.165) is 60.5 Å². The highest BCUT2D eigenvalue weighted by Crippen LogP contribution is 2.50. The molecule has 6 rings (SSSR count). The highest BCUT2D eigenvalue weighted by Gasteiger charge is 2.48. The number of nitrogens with zero attached hydrogens (tertiary/aromatic N) is 4. The normalized spacial score (nSPS) is 20.8. The van der Waals surface area contributed by atoms with Crippen LogP contribution in [-0.4, -0.2) is 44.9 Å². The lowest BCUT2D eigenvalue weighted by molar-refractivity contribution is 0.00830. The van der Waals surface area contributed by atoms with Crippen LogP contribution < -0.4 is 15.0 Å². The molecule has 1 atom stereocenters. The lowest BCUT2D eigenvalue weighted by Crippen LogP contribution is -2.52. The molecule has 2 amide bonds. The third-order valence-electron chi connectivity index (χ3n) is 8.59. The fraction of sp³-hybridized carbons (Fsp3) is 0.387. The molecular formula is C31H36N5O2S+. The fourth-order valence-corrected chi connectivity index (χ4v) is 6.79. The molecule has 8 heteroatoms. The average molecular weight is 543 g/mol. The molecule has 2 N–H and O–H groups in total. The molecule has 2 aliphatic heterocycles. The Bertz CT molecular complexity index is 1500. The van der Waals surface area contributed by atoms with Gasteiger partial charge in [-0.3, -0.25) is 0 Å². The number of quaternary nitrogens is 1. The van der Waals surface area contributed by atoms with Crippen molar-refractivity contribution in [1.29, 1.82) is 0 Å². The Kier molecular flexibility index (Phi) is 6.35. The van der Waals surface area contributed by atoms with Crippen LogP contribution in [0.2, 0.25) is 0 Å². The number of nitrogens with two attached hydrogens (primary N) is 1. The first-order valence-electron chi connectivity index (χ1n) is 13.7. The van der Waals surface area contributed by atoms with Crippen molar-refractivity contribution in [2.75, 3.05) is 19.6 Å². The van der Waals surface area contributed by atoms with Gasteiger partial charge in [-0.2, -0.15) is 8.75 Å². The topological polar surface area (TPSA) is 81.3 Å². The van der Waals surface area contributed by atoms with E-state index >= 15 is 0 Å². The maximum Gasteiger partial charge on any atom is 0.314 e. The van der Waals surface area contributed by atoms with Crippen LogP contribution in [0.5, 0.6) is 5.75 Å². The number of primary amides is 1. The molecular weight excluding hydrogens is 506 g/mol. The molecule has 7 nitrogen and oxygen atoms in total. The Morgan fingerprint density at radius 3 is 2.41 bits per heavy atom. The third-order valence-corrected chi connectivity index (χ3v) is 9.13. The number of aromatic nitrogens is 2. The van der Waals surface area contributed by atoms with Gasteiger partial charge in [0.05, 0.1) is 18.3 Å². The van der Waals surface area contributed by atoms with Crippen LogP contribution in [0.4, 0.5) is 16.2 Å². The molecule has 39 heavy (non-hydrogen) atoms. The summed E-state index contributed by atoms with van der Waals surface area (Å²) in [6.07, 6.45) is 2.36. The Balaban J connectivity index is 1.49. The molecule has 0 radical (unpaired) electrons. The van der Waals surface area contributed by atoms with Gasteiger partial charge in [0.2, 0.25) is 0 Å². The molecule has 1 unspecified atom stereocenters. The van der Waals surface area contributed by atoms with Gasteiger partial charge in [-0.25, -0.2) is 9.28 Å². The van der Waals surface area contributed by atoms with Crippen molar-refractivity contribution in [3.05, 3.63) is 77.9 Å². The van der Waals surface area contributed by atoms with Crippen LogP contribution in [0.1, 0.15) is 51.2 Å². The van der Waals surface area contributed by atoms with Gasteiger partial charge in [0, 0.05) is 50.0 Å². The minimum absolute atomic E-state index is 0.0951. The van der Waals surface area contributed by atoms with Gasteiger partial charge in [0.1, 0.15) is 17.7 Å². The zero-order chi connectivity index (χ0) is 27.3. The van der Waals surface area contributed by atoms with E-state index in [2.05, 4.69) is 79.7 Å². The second-order valence-electron chi connectivity index (χ2n) is 12.0. The summed E-state index contributed by atoms with van der Waals surface area (Å²) < 4.78 is 16.9. The number of likely N-dealkylation sites (tertiary alicyclic amines) is 1. The number of rotatable bonds is 3. The monoisotopic (exact) mass is 542 g/mol. The first kappa shape index (κ1) is 25.8. The first-order valence-corrected chi connectivity index (χ1v) is 14.4. The maximum absolute atomic E-state index is 11.9. The molecule has 0 saturated carbocycles. The number of hydrogen-bond acceptors (Lipinski definition) is 5. The molecule has 0 bridgehead atoms. The zero-order valence-corrected chi connectivity index (χ0v) is 23.7. The van der Waals surface area contributed by atoms with E-state index in [4.69, 9.17) is 14.8 Å². The van der Waals surface area contributed by atoms with Crippen LogP contribution in [0.3, 0.4) is 0 Å². The van der Waals surface area contributed by atoms with Gasteiger partial charge in [-0.1, -0.05) is 63.2 Å². The molecule has 2 aliphatic rings. The van der Waals surface area contributed by atoms with Crippen molar-refractivity contribution in [3.63, 3.8) is 0 Å². The van der Waals surface area contributed by atoms with Crippen LogP contribution in [-0.2, 0) is 12.0 Å². The van der Waals surface area contributed by atoms with E-state index in [1.165, 1.54) is 22.9 Å². The summed E-state index contributed by atoms with van der Waals surface area (Å²) in [4.78, 5) is 13.6. The molecule has 1 saturated heterocycles. The van der Waals surface area contributed by atoms with E-state index in [1.54, 1.807) is 4.90 Å². The minimum Gasteiger partial charge on any atom is -0.481 e. The quantitative estimate of drug-likeness (QED) is 0.299. The zero-order valence-electron chi connectivity index (χ0n) is 22.9.